The molecule has 0 radical (unpaired) electrons. The highest BCUT2D eigenvalue weighted by molar-refractivity contribution is 9.09. The molecule has 0 aliphatic carbocycles. The Kier molecular flexibility index (Phi) is 3.51. The van der Waals surface area contributed by atoms with Crippen molar-refractivity contribution in [2.45, 2.75) is 0 Å². The van der Waals surface area contributed by atoms with Gasteiger partial charge in [-0.15, -0.1) is 0 Å². The molecule has 16 heavy (non-hydrogen) atoms. The van der Waals surface area contributed by atoms with E-state index in [2.05, 4.69) is 26.2 Å². The first-order chi connectivity index (χ1) is 7.83. The van der Waals surface area contributed by atoms with Gasteiger partial charge < -0.3 is 5.32 Å². The highest BCUT2D eigenvalue weighted by Gasteiger charge is 2.08. The predicted molar refractivity (Wildman–Crippen MR) is 67.9 cm³/mol. The zero-order valence-electron chi connectivity index (χ0n) is 8.61. The molecule has 1 amide bonds. The van der Waals surface area contributed by atoms with E-state index < -0.39 is 0 Å². The van der Waals surface area contributed by atoms with Gasteiger partial charge in [0.15, 0.2) is 0 Å². The van der Waals surface area contributed by atoms with Gasteiger partial charge in [-0.2, -0.15) is 0 Å². The molecule has 0 saturated heterocycles. The molecule has 1 aromatic carbocycles. The molecule has 0 bridgehead atoms. The number of hydrogen-bond donors (Lipinski definition) is 1. The fourth-order valence-electron chi connectivity index (χ4n) is 1.55. The average Bonchev–Trinajstić information content (AvgIpc) is 2.35. The number of para-hydroxylation sites is 1. The van der Waals surface area contributed by atoms with Crippen LogP contribution in [0.4, 0.5) is 0 Å². The van der Waals surface area contributed by atoms with Gasteiger partial charge >= 0.3 is 0 Å². The Bertz CT molecular complexity index is 508. The number of fused-ring (bicyclic) bond motifs is 1. The van der Waals surface area contributed by atoms with E-state index in [1.807, 2.05) is 24.3 Å². The number of halogens is 1. The molecule has 2 aromatic rings. The third kappa shape index (κ3) is 2.22. The summed E-state index contributed by atoms with van der Waals surface area (Å²) < 4.78 is 0. The van der Waals surface area contributed by atoms with Crippen LogP contribution in [-0.4, -0.2) is 22.8 Å². The van der Waals surface area contributed by atoms with Gasteiger partial charge in [-0.3, -0.25) is 9.78 Å². The maximum Gasteiger partial charge on any atom is 0.252 e. The molecule has 0 aliphatic heterocycles. The van der Waals surface area contributed by atoms with Crippen LogP contribution in [0.3, 0.4) is 0 Å². The molecule has 0 saturated carbocycles. The monoisotopic (exact) mass is 278 g/mol. The third-order valence-electron chi connectivity index (χ3n) is 2.27. The van der Waals surface area contributed by atoms with Gasteiger partial charge in [-0.05, 0) is 12.1 Å². The summed E-state index contributed by atoms with van der Waals surface area (Å²) in [4.78, 5) is 16.1. The Morgan fingerprint density at radius 3 is 2.94 bits per heavy atom. The quantitative estimate of drug-likeness (QED) is 0.876. The number of pyridine rings is 1. The lowest BCUT2D eigenvalue weighted by atomic mass is 10.1. The van der Waals surface area contributed by atoms with Gasteiger partial charge in [0.05, 0.1) is 11.1 Å². The Morgan fingerprint density at radius 1 is 1.31 bits per heavy atom. The Morgan fingerprint density at radius 2 is 2.12 bits per heavy atom. The summed E-state index contributed by atoms with van der Waals surface area (Å²) in [5.74, 6) is -0.0574. The molecular weight excluding hydrogens is 268 g/mol. The zero-order valence-corrected chi connectivity index (χ0v) is 10.2. The van der Waals surface area contributed by atoms with Crippen molar-refractivity contribution in [3.05, 3.63) is 42.1 Å². The first kappa shape index (κ1) is 11.1. The summed E-state index contributed by atoms with van der Waals surface area (Å²) in [6.07, 6.45) is 1.66. The number of alkyl halides is 1. The van der Waals surface area contributed by atoms with Crippen LogP contribution in [0.2, 0.25) is 0 Å². The van der Waals surface area contributed by atoms with Crippen molar-refractivity contribution in [1.29, 1.82) is 0 Å². The number of carbonyl (C=O) groups is 1. The van der Waals surface area contributed by atoms with Crippen molar-refractivity contribution in [2.75, 3.05) is 11.9 Å². The number of nitrogens with one attached hydrogen (secondary N) is 1. The maximum atomic E-state index is 11.9. The van der Waals surface area contributed by atoms with Gasteiger partial charge in [0.1, 0.15) is 0 Å². The van der Waals surface area contributed by atoms with Crippen molar-refractivity contribution >= 4 is 32.7 Å². The normalized spacial score (nSPS) is 10.3. The second kappa shape index (κ2) is 5.07. The van der Waals surface area contributed by atoms with Crippen LogP contribution in [0, 0.1) is 0 Å². The zero-order chi connectivity index (χ0) is 11.4. The molecule has 0 atom stereocenters. The predicted octanol–water partition coefficient (Wildman–Crippen LogP) is 2.36. The molecule has 82 valence electrons. The van der Waals surface area contributed by atoms with Gasteiger partial charge in [-0.25, -0.2) is 0 Å². The summed E-state index contributed by atoms with van der Waals surface area (Å²) in [6, 6.07) is 9.37. The number of rotatable bonds is 3. The molecule has 0 aliphatic rings. The van der Waals surface area contributed by atoms with Crippen molar-refractivity contribution in [3.8, 4) is 0 Å². The standard InChI is InChI=1S/C12H11BrN2O/c13-6-8-15-12(16)10-5-7-14-11-4-2-1-3-9(10)11/h1-5,7H,6,8H2,(H,15,16). The van der Waals surface area contributed by atoms with Crippen LogP contribution in [0.15, 0.2) is 36.5 Å². The number of nitrogens with zero attached hydrogens (tertiary/aromatic N) is 1. The summed E-state index contributed by atoms with van der Waals surface area (Å²) in [6.45, 7) is 0.621. The van der Waals surface area contributed by atoms with Crippen molar-refractivity contribution in [1.82, 2.24) is 10.3 Å². The lowest BCUT2D eigenvalue weighted by Gasteiger charge is -2.05. The van der Waals surface area contributed by atoms with Gasteiger partial charge in [0.25, 0.3) is 5.91 Å². The minimum atomic E-state index is -0.0574. The summed E-state index contributed by atoms with van der Waals surface area (Å²) in [5.41, 5.74) is 1.51. The fourth-order valence-corrected chi connectivity index (χ4v) is 1.75. The van der Waals surface area contributed by atoms with Gasteiger partial charge in [0, 0.05) is 23.5 Å². The lowest BCUT2D eigenvalue weighted by molar-refractivity contribution is 0.0958. The molecular formula is C12H11BrN2O. The average molecular weight is 279 g/mol. The minimum Gasteiger partial charge on any atom is -0.351 e. The number of carbonyl (C=O) groups excluding carboxylic acids is 1. The molecule has 1 N–H and O–H groups in total. The molecule has 2 rings (SSSR count). The first-order valence-electron chi connectivity index (χ1n) is 5.01. The second-order valence-corrected chi connectivity index (χ2v) is 4.11. The van der Waals surface area contributed by atoms with Crippen LogP contribution < -0.4 is 5.32 Å². The highest BCUT2D eigenvalue weighted by Crippen LogP contribution is 2.15. The van der Waals surface area contributed by atoms with Crippen molar-refractivity contribution in [2.24, 2.45) is 0 Å². The van der Waals surface area contributed by atoms with E-state index >= 15 is 0 Å². The summed E-state index contributed by atoms with van der Waals surface area (Å²) >= 11 is 3.27. The summed E-state index contributed by atoms with van der Waals surface area (Å²) in [7, 11) is 0. The Labute approximate surface area is 102 Å². The minimum absolute atomic E-state index is 0.0574. The SMILES string of the molecule is O=C(NCCBr)c1ccnc2ccccc12. The number of amides is 1. The molecule has 0 fully saturated rings. The smallest absolute Gasteiger partial charge is 0.252 e. The number of hydrogen-bond acceptors (Lipinski definition) is 2. The molecule has 3 nitrogen and oxygen atoms in total. The molecule has 0 unspecified atom stereocenters. The third-order valence-corrected chi connectivity index (χ3v) is 2.67. The van der Waals surface area contributed by atoms with Gasteiger partial charge in [0.2, 0.25) is 0 Å². The highest BCUT2D eigenvalue weighted by atomic mass is 79.9. The molecule has 1 heterocycles. The van der Waals surface area contributed by atoms with Gasteiger partial charge in [-0.1, -0.05) is 34.1 Å². The topological polar surface area (TPSA) is 42.0 Å². The van der Waals surface area contributed by atoms with Crippen LogP contribution in [-0.2, 0) is 0 Å². The van der Waals surface area contributed by atoms with Crippen molar-refractivity contribution in [3.63, 3.8) is 0 Å². The summed E-state index contributed by atoms with van der Waals surface area (Å²) in [5, 5.41) is 4.47. The van der Waals surface area contributed by atoms with E-state index in [0.29, 0.717) is 12.1 Å². The second-order valence-electron chi connectivity index (χ2n) is 3.32. The lowest BCUT2D eigenvalue weighted by Crippen LogP contribution is -2.25. The van der Waals surface area contributed by atoms with Crippen LogP contribution in [0.25, 0.3) is 10.9 Å². The van der Waals surface area contributed by atoms with Crippen LogP contribution >= 0.6 is 15.9 Å². The van der Waals surface area contributed by atoms with E-state index in [0.717, 1.165) is 16.2 Å². The van der Waals surface area contributed by atoms with E-state index in [9.17, 15) is 4.79 Å². The van der Waals surface area contributed by atoms with E-state index in [4.69, 9.17) is 0 Å². The number of benzene rings is 1. The van der Waals surface area contributed by atoms with E-state index in [1.165, 1.54) is 0 Å². The van der Waals surface area contributed by atoms with Crippen LogP contribution in [0.5, 0.6) is 0 Å². The molecule has 4 heteroatoms. The molecule has 0 spiro atoms. The maximum absolute atomic E-state index is 11.9. The van der Waals surface area contributed by atoms with E-state index in [1.54, 1.807) is 12.3 Å². The van der Waals surface area contributed by atoms with Crippen molar-refractivity contribution < 1.29 is 4.79 Å². The number of aromatic nitrogens is 1. The first-order valence-corrected chi connectivity index (χ1v) is 6.13. The fraction of sp³-hybridized carbons (Fsp3) is 0.167. The molecule has 1 aromatic heterocycles. The Hall–Kier alpha value is -1.42. The largest absolute Gasteiger partial charge is 0.351 e. The van der Waals surface area contributed by atoms with E-state index in [-0.39, 0.29) is 5.91 Å². The Balaban J connectivity index is 2.40. The van der Waals surface area contributed by atoms with Crippen LogP contribution in [0.1, 0.15) is 10.4 Å².